The van der Waals surface area contributed by atoms with E-state index in [2.05, 4.69) is 32.3 Å². The van der Waals surface area contributed by atoms with Crippen LogP contribution in [-0.4, -0.2) is 41.2 Å². The number of rotatable bonds is 7. The Bertz CT molecular complexity index is 2260. The number of para-hydroxylation sites is 1. The summed E-state index contributed by atoms with van der Waals surface area (Å²) >= 11 is 0. The number of aliphatic hydroxyl groups is 1. The van der Waals surface area contributed by atoms with Crippen molar-refractivity contribution in [2.75, 3.05) is 5.73 Å². The molecule has 0 aliphatic heterocycles. The Morgan fingerprint density at radius 3 is 2.44 bits per heavy atom. The number of aryl methyl sites for hydroxylation is 1. The summed E-state index contributed by atoms with van der Waals surface area (Å²) in [6.07, 6.45) is -5.97. The van der Waals surface area contributed by atoms with Crippen LogP contribution in [-0.2, 0) is 43.3 Å². The van der Waals surface area contributed by atoms with Gasteiger partial charge < -0.3 is 16.2 Å². The lowest BCUT2D eigenvalue weighted by Crippen LogP contribution is -2.35. The van der Waals surface area contributed by atoms with Crippen LogP contribution in [0.2, 0.25) is 0 Å². The normalized spacial score (nSPS) is 16.0. The molecule has 0 bridgehead atoms. The number of nitrogens with one attached hydrogen (secondary N) is 1. The van der Waals surface area contributed by atoms with Crippen LogP contribution in [0.1, 0.15) is 60.7 Å². The second-order valence-electron chi connectivity index (χ2n) is 13.3. The highest BCUT2D eigenvalue weighted by Crippen LogP contribution is 2.49. The molecule has 1 aliphatic carbocycles. The fourth-order valence-electron chi connectivity index (χ4n) is 6.47. The number of hydrogen-bond acceptors (Lipinski definition) is 6. The van der Waals surface area contributed by atoms with E-state index in [0.29, 0.717) is 32.8 Å². The Kier molecular flexibility index (Phi) is 9.06. The zero-order chi connectivity index (χ0) is 37.9. The van der Waals surface area contributed by atoms with Crippen LogP contribution in [0.25, 0.3) is 22.0 Å². The Hall–Kier alpha value is -5.43. The van der Waals surface area contributed by atoms with Gasteiger partial charge in [-0.3, -0.25) is 14.2 Å². The van der Waals surface area contributed by atoms with Gasteiger partial charge >= 0.3 is 6.18 Å². The summed E-state index contributed by atoms with van der Waals surface area (Å²) in [7, 11) is 1.65. The highest BCUT2D eigenvalue weighted by Gasteiger charge is 2.54. The molecule has 6 rings (SSSR count). The van der Waals surface area contributed by atoms with Crippen LogP contribution >= 0.6 is 0 Å². The molecule has 3 heterocycles. The van der Waals surface area contributed by atoms with E-state index in [1.807, 2.05) is 0 Å². The molecule has 5 aromatic rings. The Morgan fingerprint density at radius 2 is 1.79 bits per heavy atom. The maximum Gasteiger partial charge on any atom is 0.435 e. The first-order chi connectivity index (χ1) is 24.2. The zero-order valence-corrected chi connectivity index (χ0v) is 28.2. The molecule has 2 aromatic carbocycles. The molecule has 272 valence electrons. The molecule has 4 N–H and O–H groups in total. The minimum atomic E-state index is -5.06. The molecule has 0 spiro atoms. The average molecular weight is 728 g/mol. The first-order valence-electron chi connectivity index (χ1n) is 16.0. The topological polar surface area (TPSA) is 124 Å². The molecular formula is C36H32F7N7O2. The number of pyridine rings is 1. The Morgan fingerprint density at radius 1 is 1.10 bits per heavy atom. The van der Waals surface area contributed by atoms with E-state index in [1.165, 1.54) is 18.5 Å². The number of anilines is 1. The minimum absolute atomic E-state index is 0.0613. The van der Waals surface area contributed by atoms with Gasteiger partial charge in [-0.1, -0.05) is 25.0 Å². The van der Waals surface area contributed by atoms with Crippen molar-refractivity contribution in [2.24, 2.45) is 13.0 Å². The molecule has 1 amide bonds. The summed E-state index contributed by atoms with van der Waals surface area (Å²) in [5.74, 6) is -2.45. The number of benzene rings is 2. The number of aromatic nitrogens is 5. The molecule has 9 nitrogen and oxygen atoms in total. The average Bonchev–Trinajstić information content (AvgIpc) is 3.62. The van der Waals surface area contributed by atoms with Crippen LogP contribution in [0.15, 0.2) is 48.5 Å². The van der Waals surface area contributed by atoms with Crippen molar-refractivity contribution in [1.29, 1.82) is 0 Å². The first kappa shape index (κ1) is 36.4. The quantitative estimate of drug-likeness (QED) is 0.135. The van der Waals surface area contributed by atoms with E-state index < -0.39 is 77.1 Å². The molecule has 0 radical (unpaired) electrons. The van der Waals surface area contributed by atoms with E-state index >= 15 is 8.78 Å². The standard InChI is InChI=1S/C36H32F7N7O2/c1-18-12-26-31(36(41,42)43)47-50(32(26)35(18,39)40)17-28(51)46-27(15-19-13-20(37)16-21(38)14-19)29-23(9-8-22(45-29)10-11-34(2,3)52)24-6-5-7-25-30(24)49(4)48-33(25)44/h5-9,13-14,16,18,27,52H,12,15,17H2,1-4H3,(H2,44,48)(H,46,51)/t18-,27+/m1/s1. The summed E-state index contributed by atoms with van der Waals surface area (Å²) in [5, 5.41) is 21.2. The van der Waals surface area contributed by atoms with Gasteiger partial charge in [0.05, 0.1) is 17.3 Å². The lowest BCUT2D eigenvalue weighted by atomic mass is 9.93. The number of carbonyl (C=O) groups is 1. The molecule has 0 saturated heterocycles. The third-order valence-electron chi connectivity index (χ3n) is 8.69. The molecule has 0 unspecified atom stereocenters. The van der Waals surface area contributed by atoms with Gasteiger partial charge in [0.15, 0.2) is 11.5 Å². The highest BCUT2D eigenvalue weighted by atomic mass is 19.4. The lowest BCUT2D eigenvalue weighted by Gasteiger charge is -2.23. The number of nitrogen functional groups attached to an aromatic ring is 1. The number of nitrogens with two attached hydrogens (primary N) is 1. The number of amides is 1. The molecular weight excluding hydrogens is 695 g/mol. The molecule has 1 aliphatic rings. The van der Waals surface area contributed by atoms with E-state index in [9.17, 15) is 31.9 Å². The Balaban J connectivity index is 1.50. The second kappa shape index (κ2) is 13.0. The Labute approximate surface area is 292 Å². The van der Waals surface area contributed by atoms with E-state index in [0.717, 1.165) is 19.1 Å². The number of alkyl halides is 5. The van der Waals surface area contributed by atoms with Crippen molar-refractivity contribution < 1.29 is 40.6 Å². The van der Waals surface area contributed by atoms with Crippen LogP contribution in [0, 0.1) is 29.4 Å². The highest BCUT2D eigenvalue weighted by molar-refractivity contribution is 6.00. The number of hydrogen-bond donors (Lipinski definition) is 3. The summed E-state index contributed by atoms with van der Waals surface area (Å²) in [4.78, 5) is 18.5. The van der Waals surface area contributed by atoms with Crippen molar-refractivity contribution in [3.63, 3.8) is 0 Å². The van der Waals surface area contributed by atoms with Gasteiger partial charge in [0.1, 0.15) is 35.2 Å². The van der Waals surface area contributed by atoms with Crippen molar-refractivity contribution in [3.8, 4) is 23.0 Å². The number of nitrogens with zero attached hydrogens (tertiary/aromatic N) is 5. The minimum Gasteiger partial charge on any atom is -0.382 e. The van der Waals surface area contributed by atoms with E-state index in [4.69, 9.17) is 5.73 Å². The van der Waals surface area contributed by atoms with Gasteiger partial charge in [0.2, 0.25) is 5.91 Å². The van der Waals surface area contributed by atoms with Gasteiger partial charge in [-0.25, -0.2) is 13.8 Å². The molecule has 16 heteroatoms. The van der Waals surface area contributed by atoms with Crippen molar-refractivity contribution in [2.45, 2.75) is 63.9 Å². The summed E-state index contributed by atoms with van der Waals surface area (Å²) in [6.45, 7) is 2.96. The first-order valence-corrected chi connectivity index (χ1v) is 16.0. The van der Waals surface area contributed by atoms with Gasteiger partial charge in [-0.15, -0.1) is 0 Å². The zero-order valence-electron chi connectivity index (χ0n) is 28.2. The van der Waals surface area contributed by atoms with E-state index in [1.54, 1.807) is 37.4 Å². The van der Waals surface area contributed by atoms with Crippen LogP contribution in [0.4, 0.5) is 36.6 Å². The smallest absolute Gasteiger partial charge is 0.382 e. The molecule has 0 saturated carbocycles. The summed E-state index contributed by atoms with van der Waals surface area (Å²) < 4.78 is 103. The largest absolute Gasteiger partial charge is 0.435 e. The molecule has 52 heavy (non-hydrogen) atoms. The third kappa shape index (κ3) is 7.05. The predicted molar refractivity (Wildman–Crippen MR) is 176 cm³/mol. The maximum absolute atomic E-state index is 15.2. The van der Waals surface area contributed by atoms with Crippen molar-refractivity contribution in [3.05, 3.63) is 94.1 Å². The van der Waals surface area contributed by atoms with Gasteiger partial charge in [0, 0.05) is 41.1 Å². The lowest BCUT2D eigenvalue weighted by molar-refractivity contribution is -0.142. The monoisotopic (exact) mass is 727 g/mol. The maximum atomic E-state index is 15.2. The SMILES string of the molecule is C[C@@H]1Cc2c(C(F)(F)F)nn(CC(=O)N[C@@H](Cc3cc(F)cc(F)c3)c3nc(C#CC(C)(C)O)ccc3-c3cccc4c(N)nn(C)c34)c2C1(F)F. The van der Waals surface area contributed by atoms with Crippen molar-refractivity contribution >= 4 is 22.6 Å². The summed E-state index contributed by atoms with van der Waals surface area (Å²) in [6, 6.07) is 9.76. The van der Waals surface area contributed by atoms with Crippen molar-refractivity contribution in [1.82, 2.24) is 29.9 Å². The fraction of sp³-hybridized carbons (Fsp3) is 0.333. The number of carbonyl (C=O) groups excluding carboxylic acids is 1. The van der Waals surface area contributed by atoms with Crippen LogP contribution in [0.3, 0.4) is 0 Å². The summed E-state index contributed by atoms with van der Waals surface area (Å²) in [5.41, 5.74) is 3.25. The molecule has 3 aromatic heterocycles. The van der Waals surface area contributed by atoms with Crippen LogP contribution in [0.5, 0.6) is 0 Å². The number of halogens is 7. The third-order valence-corrected chi connectivity index (χ3v) is 8.69. The molecule has 0 fully saturated rings. The van der Waals surface area contributed by atoms with Gasteiger partial charge in [-0.2, -0.15) is 32.1 Å². The van der Waals surface area contributed by atoms with E-state index in [-0.39, 0.29) is 29.2 Å². The number of fused-ring (bicyclic) bond motifs is 2. The second-order valence-corrected chi connectivity index (χ2v) is 13.3. The predicted octanol–water partition coefficient (Wildman–Crippen LogP) is 6.22. The molecule has 2 atom stereocenters. The van der Waals surface area contributed by atoms with Gasteiger partial charge in [-0.05, 0) is 68.5 Å². The van der Waals surface area contributed by atoms with Crippen LogP contribution < -0.4 is 11.1 Å². The van der Waals surface area contributed by atoms with Gasteiger partial charge in [0.25, 0.3) is 5.92 Å². The fourth-order valence-corrected chi connectivity index (χ4v) is 6.47.